The molecule has 0 bridgehead atoms. The van der Waals surface area contributed by atoms with E-state index in [1.807, 2.05) is 26.8 Å². The molecule has 0 fully saturated rings. The first-order valence-corrected chi connectivity index (χ1v) is 4.12. The standard InChI is InChI=1S/C9H13N.C2H6/c1-5-9(6-2)10(7-3)8-4;1-2/h5-8H,1,3-4H2,2H3;1-2H3/b9-6-;. The van der Waals surface area contributed by atoms with Crippen LogP contribution in [0.25, 0.3) is 0 Å². The maximum atomic E-state index is 3.64. The van der Waals surface area contributed by atoms with Crippen molar-refractivity contribution in [3.8, 4) is 0 Å². The van der Waals surface area contributed by atoms with Gasteiger partial charge in [-0.25, -0.2) is 0 Å². The quantitative estimate of drug-likeness (QED) is 0.574. The molecule has 0 aliphatic carbocycles. The van der Waals surface area contributed by atoms with Gasteiger partial charge in [0.15, 0.2) is 0 Å². The van der Waals surface area contributed by atoms with E-state index in [0.717, 1.165) is 5.70 Å². The average molecular weight is 165 g/mol. The van der Waals surface area contributed by atoms with Gasteiger partial charge in [-0.1, -0.05) is 39.7 Å². The predicted molar refractivity (Wildman–Crippen MR) is 57.5 cm³/mol. The summed E-state index contributed by atoms with van der Waals surface area (Å²) in [5, 5.41) is 0. The second-order valence-corrected chi connectivity index (χ2v) is 1.69. The van der Waals surface area contributed by atoms with E-state index < -0.39 is 0 Å². The van der Waals surface area contributed by atoms with Gasteiger partial charge in [0.2, 0.25) is 0 Å². The van der Waals surface area contributed by atoms with Crippen LogP contribution in [-0.2, 0) is 0 Å². The predicted octanol–water partition coefficient (Wildman–Crippen LogP) is 3.69. The molecule has 0 aromatic heterocycles. The van der Waals surface area contributed by atoms with E-state index in [0.29, 0.717) is 0 Å². The molecule has 0 aliphatic heterocycles. The van der Waals surface area contributed by atoms with E-state index >= 15 is 0 Å². The zero-order chi connectivity index (χ0) is 9.98. The van der Waals surface area contributed by atoms with Gasteiger partial charge in [0.1, 0.15) is 0 Å². The molecule has 0 unspecified atom stereocenters. The molecule has 0 aliphatic rings. The molecule has 0 radical (unpaired) electrons. The summed E-state index contributed by atoms with van der Waals surface area (Å²) in [6.45, 7) is 16.8. The minimum atomic E-state index is 0.991. The minimum Gasteiger partial charge on any atom is -0.325 e. The number of hydrogen-bond donors (Lipinski definition) is 0. The Morgan fingerprint density at radius 2 is 1.50 bits per heavy atom. The fourth-order valence-corrected chi connectivity index (χ4v) is 0.658. The molecule has 0 heterocycles. The van der Waals surface area contributed by atoms with Crippen LogP contribution in [0.5, 0.6) is 0 Å². The Morgan fingerprint density at radius 3 is 1.58 bits per heavy atom. The maximum Gasteiger partial charge on any atom is 0.0400 e. The molecular weight excluding hydrogens is 146 g/mol. The van der Waals surface area contributed by atoms with Crippen LogP contribution in [0.1, 0.15) is 20.8 Å². The van der Waals surface area contributed by atoms with Crippen LogP contribution < -0.4 is 0 Å². The van der Waals surface area contributed by atoms with Gasteiger partial charge < -0.3 is 4.90 Å². The van der Waals surface area contributed by atoms with Crippen LogP contribution in [-0.4, -0.2) is 4.90 Å². The van der Waals surface area contributed by atoms with Crippen molar-refractivity contribution >= 4 is 0 Å². The zero-order valence-electron chi connectivity index (χ0n) is 8.38. The monoisotopic (exact) mass is 165 g/mol. The Balaban J connectivity index is 0. The molecular formula is C11H19N. The first-order chi connectivity index (χ1) is 5.79. The minimum absolute atomic E-state index is 0.991. The molecule has 0 N–H and O–H groups in total. The number of hydrogen-bond acceptors (Lipinski definition) is 1. The van der Waals surface area contributed by atoms with Crippen molar-refractivity contribution in [1.82, 2.24) is 4.90 Å². The smallest absolute Gasteiger partial charge is 0.0400 e. The van der Waals surface area contributed by atoms with Gasteiger partial charge in [0.05, 0.1) is 0 Å². The van der Waals surface area contributed by atoms with E-state index in [9.17, 15) is 0 Å². The van der Waals surface area contributed by atoms with E-state index in [1.165, 1.54) is 0 Å². The lowest BCUT2D eigenvalue weighted by molar-refractivity contribution is 0.655. The summed E-state index contributed by atoms with van der Waals surface area (Å²) < 4.78 is 0. The SMILES string of the molecule is C=C/C(=C/C)N(C=C)C=C.CC. The highest BCUT2D eigenvalue weighted by Crippen LogP contribution is 2.04. The average Bonchev–Trinajstić information content (AvgIpc) is 2.17. The Morgan fingerprint density at radius 1 is 1.08 bits per heavy atom. The summed E-state index contributed by atoms with van der Waals surface area (Å²) in [6, 6.07) is 0. The topological polar surface area (TPSA) is 3.24 Å². The van der Waals surface area contributed by atoms with Gasteiger partial charge in [0.25, 0.3) is 0 Å². The molecule has 0 aromatic rings. The van der Waals surface area contributed by atoms with Crippen LogP contribution in [0.3, 0.4) is 0 Å². The summed E-state index contributed by atoms with van der Waals surface area (Å²) in [5.74, 6) is 0. The van der Waals surface area contributed by atoms with Gasteiger partial charge >= 0.3 is 0 Å². The van der Waals surface area contributed by atoms with Crippen LogP contribution in [0.4, 0.5) is 0 Å². The molecule has 1 heteroatoms. The van der Waals surface area contributed by atoms with Crippen LogP contribution in [0, 0.1) is 0 Å². The van der Waals surface area contributed by atoms with E-state index in [2.05, 4.69) is 19.7 Å². The largest absolute Gasteiger partial charge is 0.325 e. The third kappa shape index (κ3) is 4.56. The van der Waals surface area contributed by atoms with Crippen LogP contribution in [0.15, 0.2) is 50.0 Å². The zero-order valence-corrected chi connectivity index (χ0v) is 8.38. The van der Waals surface area contributed by atoms with Gasteiger partial charge in [0, 0.05) is 18.1 Å². The third-order valence-electron chi connectivity index (χ3n) is 1.20. The van der Waals surface area contributed by atoms with E-state index in [1.54, 1.807) is 23.4 Å². The summed E-state index contributed by atoms with van der Waals surface area (Å²) in [4.78, 5) is 1.80. The fourth-order valence-electron chi connectivity index (χ4n) is 0.658. The molecule has 0 amide bonds. The molecule has 68 valence electrons. The molecule has 0 rings (SSSR count). The van der Waals surface area contributed by atoms with Crippen molar-refractivity contribution in [3.05, 3.63) is 50.0 Å². The lowest BCUT2D eigenvalue weighted by Gasteiger charge is -2.14. The van der Waals surface area contributed by atoms with Gasteiger partial charge in [-0.05, 0) is 13.0 Å². The molecule has 1 nitrogen and oxygen atoms in total. The second kappa shape index (κ2) is 9.76. The van der Waals surface area contributed by atoms with Crippen molar-refractivity contribution in [2.45, 2.75) is 20.8 Å². The number of nitrogens with zero attached hydrogens (tertiary/aromatic N) is 1. The summed E-state index contributed by atoms with van der Waals surface area (Å²) >= 11 is 0. The lowest BCUT2D eigenvalue weighted by Crippen LogP contribution is -2.04. The molecule has 0 aromatic carbocycles. The van der Waals surface area contributed by atoms with Crippen molar-refractivity contribution in [3.63, 3.8) is 0 Å². The summed E-state index contributed by atoms with van der Waals surface area (Å²) in [5.41, 5.74) is 0.991. The molecule has 0 atom stereocenters. The van der Waals surface area contributed by atoms with Crippen molar-refractivity contribution in [1.29, 1.82) is 0 Å². The summed E-state index contributed by atoms with van der Waals surface area (Å²) in [6.07, 6.45) is 7.06. The fraction of sp³-hybridized carbons (Fsp3) is 0.273. The van der Waals surface area contributed by atoms with E-state index in [4.69, 9.17) is 0 Å². The van der Waals surface area contributed by atoms with E-state index in [-0.39, 0.29) is 0 Å². The third-order valence-corrected chi connectivity index (χ3v) is 1.20. The van der Waals surface area contributed by atoms with Gasteiger partial charge in [-0.3, -0.25) is 0 Å². The maximum absolute atomic E-state index is 3.64. The molecule has 0 saturated heterocycles. The highest BCUT2D eigenvalue weighted by atomic mass is 15.1. The first-order valence-electron chi connectivity index (χ1n) is 4.12. The Hall–Kier alpha value is -1.24. The lowest BCUT2D eigenvalue weighted by atomic mass is 10.3. The van der Waals surface area contributed by atoms with Gasteiger partial charge in [-0.2, -0.15) is 0 Å². The molecule has 12 heavy (non-hydrogen) atoms. The first kappa shape index (κ1) is 13.4. The molecule has 0 spiro atoms. The highest BCUT2D eigenvalue weighted by molar-refractivity contribution is 5.18. The Kier molecular flexibility index (Phi) is 10.9. The Labute approximate surface area is 76.4 Å². The number of allylic oxidation sites excluding steroid dienone is 2. The van der Waals surface area contributed by atoms with Crippen LogP contribution in [0.2, 0.25) is 0 Å². The Bertz CT molecular complexity index is 158. The second-order valence-electron chi connectivity index (χ2n) is 1.69. The van der Waals surface area contributed by atoms with Crippen molar-refractivity contribution in [2.75, 3.05) is 0 Å². The molecule has 0 saturated carbocycles. The van der Waals surface area contributed by atoms with Gasteiger partial charge in [-0.15, -0.1) is 0 Å². The van der Waals surface area contributed by atoms with Crippen molar-refractivity contribution < 1.29 is 0 Å². The normalized spacial score (nSPS) is 9.08. The van der Waals surface area contributed by atoms with Crippen LogP contribution >= 0.6 is 0 Å². The highest BCUT2D eigenvalue weighted by Gasteiger charge is 1.92. The van der Waals surface area contributed by atoms with Crippen molar-refractivity contribution in [2.24, 2.45) is 0 Å². The number of rotatable bonds is 4. The summed E-state index contributed by atoms with van der Waals surface area (Å²) in [7, 11) is 0.